The van der Waals surface area contributed by atoms with E-state index < -0.39 is 11.9 Å². The Kier molecular flexibility index (Phi) is 8.07. The normalized spacial score (nSPS) is 15.8. The molecular weight excluding hydrogens is 360 g/mol. The largest absolute Gasteiger partial charge is 0.497 e. The molecule has 2 aromatic rings. The number of hydrogen-bond acceptors (Lipinski definition) is 4. The van der Waals surface area contributed by atoms with Crippen LogP contribution in [0.15, 0.2) is 42.6 Å². The lowest BCUT2D eigenvalue weighted by Gasteiger charge is -2.32. The molecular formula is C21H28N2O5. The lowest BCUT2D eigenvalue weighted by molar-refractivity contribution is -0.134. The summed E-state index contributed by atoms with van der Waals surface area (Å²) in [6.07, 6.45) is 7.42. The number of hydrogen-bond donors (Lipinski definition) is 2. The highest BCUT2D eigenvalue weighted by Gasteiger charge is 2.17. The van der Waals surface area contributed by atoms with Gasteiger partial charge in [0.25, 0.3) is 0 Å². The Morgan fingerprint density at radius 1 is 1.11 bits per heavy atom. The molecule has 152 valence electrons. The number of carboxylic acids is 2. The molecule has 0 bridgehead atoms. The van der Waals surface area contributed by atoms with Crippen LogP contribution in [0.4, 0.5) is 0 Å². The van der Waals surface area contributed by atoms with E-state index in [-0.39, 0.29) is 0 Å². The fourth-order valence-corrected chi connectivity index (χ4v) is 3.37. The molecule has 2 heterocycles. The fourth-order valence-electron chi connectivity index (χ4n) is 3.37. The molecule has 0 amide bonds. The maximum atomic E-state index is 9.55. The molecule has 2 N–H and O–H groups in total. The highest BCUT2D eigenvalue weighted by Crippen LogP contribution is 2.23. The third kappa shape index (κ3) is 6.42. The molecule has 7 nitrogen and oxygen atoms in total. The van der Waals surface area contributed by atoms with E-state index in [1.807, 2.05) is 6.07 Å². The summed E-state index contributed by atoms with van der Waals surface area (Å²) in [7, 11) is 1.72. The lowest BCUT2D eigenvalue weighted by Crippen LogP contribution is -2.39. The Bertz CT molecular complexity index is 805. The number of carboxylic acid groups (broad SMARTS) is 2. The van der Waals surface area contributed by atoms with Gasteiger partial charge < -0.3 is 19.5 Å². The van der Waals surface area contributed by atoms with Crippen LogP contribution in [0.2, 0.25) is 0 Å². The van der Waals surface area contributed by atoms with Crippen molar-refractivity contribution in [2.45, 2.75) is 38.8 Å². The third-order valence-corrected chi connectivity index (χ3v) is 4.82. The molecule has 1 aliphatic rings. The summed E-state index contributed by atoms with van der Waals surface area (Å²) in [5.74, 6) is -1.58. The first-order valence-corrected chi connectivity index (χ1v) is 9.41. The van der Waals surface area contributed by atoms with Gasteiger partial charge in [0, 0.05) is 41.8 Å². The van der Waals surface area contributed by atoms with Crippen molar-refractivity contribution in [2.24, 2.45) is 0 Å². The van der Waals surface area contributed by atoms with Crippen molar-refractivity contribution in [3.8, 4) is 5.75 Å². The number of methoxy groups -OCH3 is 1. The van der Waals surface area contributed by atoms with Crippen molar-refractivity contribution in [1.29, 1.82) is 0 Å². The Labute approximate surface area is 164 Å². The van der Waals surface area contributed by atoms with Gasteiger partial charge in [0.1, 0.15) is 5.75 Å². The number of fused-ring (bicyclic) bond motifs is 1. The van der Waals surface area contributed by atoms with Crippen molar-refractivity contribution in [3.05, 3.63) is 42.6 Å². The summed E-state index contributed by atoms with van der Waals surface area (Å²) < 4.78 is 7.66. The number of carbonyl (C=O) groups is 2. The monoisotopic (exact) mass is 388 g/mol. The van der Waals surface area contributed by atoms with Crippen molar-refractivity contribution >= 4 is 22.8 Å². The molecule has 1 atom stereocenters. The highest BCUT2D eigenvalue weighted by atomic mass is 16.5. The first-order chi connectivity index (χ1) is 13.4. The van der Waals surface area contributed by atoms with Gasteiger partial charge in [-0.3, -0.25) is 4.90 Å². The lowest BCUT2D eigenvalue weighted by atomic mass is 10.1. The van der Waals surface area contributed by atoms with Crippen LogP contribution >= 0.6 is 0 Å². The van der Waals surface area contributed by atoms with Crippen molar-refractivity contribution in [1.82, 2.24) is 9.47 Å². The van der Waals surface area contributed by atoms with E-state index in [9.17, 15) is 9.59 Å². The molecule has 0 aliphatic carbocycles. The molecule has 1 aromatic carbocycles. The van der Waals surface area contributed by atoms with Gasteiger partial charge in [-0.15, -0.1) is 0 Å². The van der Waals surface area contributed by atoms with Crippen LogP contribution < -0.4 is 4.74 Å². The first-order valence-electron chi connectivity index (χ1n) is 9.41. The second kappa shape index (κ2) is 10.5. The van der Waals surface area contributed by atoms with E-state index in [1.165, 1.54) is 43.3 Å². The van der Waals surface area contributed by atoms with Crippen LogP contribution in [0, 0.1) is 0 Å². The Morgan fingerprint density at radius 3 is 2.32 bits per heavy atom. The van der Waals surface area contributed by atoms with Gasteiger partial charge in [0.15, 0.2) is 0 Å². The zero-order chi connectivity index (χ0) is 20.5. The van der Waals surface area contributed by atoms with Gasteiger partial charge in [-0.25, -0.2) is 9.59 Å². The van der Waals surface area contributed by atoms with Gasteiger partial charge in [0.2, 0.25) is 0 Å². The topological polar surface area (TPSA) is 92.0 Å². The Hall–Kier alpha value is -2.80. The molecule has 1 fully saturated rings. The van der Waals surface area contributed by atoms with Gasteiger partial charge >= 0.3 is 11.9 Å². The smallest absolute Gasteiger partial charge is 0.328 e. The molecule has 0 spiro atoms. The molecule has 1 saturated heterocycles. The van der Waals surface area contributed by atoms with E-state index >= 15 is 0 Å². The van der Waals surface area contributed by atoms with Crippen molar-refractivity contribution in [3.63, 3.8) is 0 Å². The summed E-state index contributed by atoms with van der Waals surface area (Å²) in [6.45, 7) is 5.93. The average Bonchev–Trinajstić information content (AvgIpc) is 3.09. The average molecular weight is 388 g/mol. The zero-order valence-electron chi connectivity index (χ0n) is 16.4. The van der Waals surface area contributed by atoms with E-state index in [2.05, 4.69) is 40.8 Å². The van der Waals surface area contributed by atoms with Crippen LogP contribution in [0.1, 0.15) is 26.2 Å². The van der Waals surface area contributed by atoms with E-state index in [1.54, 1.807) is 7.11 Å². The number of likely N-dealkylation sites (tertiary alicyclic amines) is 1. The molecule has 7 heteroatoms. The molecule has 1 aliphatic heterocycles. The van der Waals surface area contributed by atoms with Gasteiger partial charge in [-0.1, -0.05) is 6.42 Å². The van der Waals surface area contributed by atoms with Crippen LogP contribution in [0.5, 0.6) is 5.75 Å². The van der Waals surface area contributed by atoms with E-state index in [4.69, 9.17) is 14.9 Å². The summed E-state index contributed by atoms with van der Waals surface area (Å²) in [4.78, 5) is 21.7. The second-order valence-corrected chi connectivity index (χ2v) is 6.85. The van der Waals surface area contributed by atoms with Crippen LogP contribution in [0.25, 0.3) is 10.9 Å². The minimum absolute atomic E-state index is 0.558. The minimum Gasteiger partial charge on any atom is -0.497 e. The highest BCUT2D eigenvalue weighted by molar-refractivity contribution is 5.89. The Balaban J connectivity index is 0.000000300. The molecule has 0 saturated carbocycles. The summed E-state index contributed by atoms with van der Waals surface area (Å²) in [6, 6.07) is 9.10. The second-order valence-electron chi connectivity index (χ2n) is 6.85. The maximum Gasteiger partial charge on any atom is 0.328 e. The number of aromatic nitrogens is 1. The molecule has 3 rings (SSSR count). The van der Waals surface area contributed by atoms with Crippen molar-refractivity contribution in [2.75, 3.05) is 20.2 Å². The standard InChI is InChI=1S/C17H24N2O.C4H4O4/c1-14(18-9-4-3-5-10-18)13-19-11-8-15-12-16(20-2)6-7-17(15)19;5-3(6)1-2-4(7)8/h6-8,11-12,14H,3-5,9-10,13H2,1-2H3;1-2H,(H,5,6)(H,7,8)/b;2-1+. The van der Waals surface area contributed by atoms with E-state index in [0.29, 0.717) is 18.2 Å². The third-order valence-electron chi connectivity index (χ3n) is 4.82. The van der Waals surface area contributed by atoms with Crippen molar-refractivity contribution < 1.29 is 24.5 Å². The predicted octanol–water partition coefficient (Wildman–Crippen LogP) is 3.24. The van der Waals surface area contributed by atoms with Crippen LogP contribution in [-0.2, 0) is 16.1 Å². The molecule has 0 radical (unpaired) electrons. The summed E-state index contributed by atoms with van der Waals surface area (Å²) in [5.41, 5.74) is 1.30. The SMILES string of the molecule is COc1ccc2c(ccn2CC(C)N2CCCCC2)c1.O=C(O)/C=C/C(=O)O. The number of piperidine rings is 1. The number of aliphatic carboxylic acids is 2. The van der Waals surface area contributed by atoms with Gasteiger partial charge in [0.05, 0.1) is 7.11 Å². The minimum atomic E-state index is -1.26. The summed E-state index contributed by atoms with van der Waals surface area (Å²) in [5, 5.41) is 16.9. The molecule has 28 heavy (non-hydrogen) atoms. The number of nitrogens with zero attached hydrogens (tertiary/aromatic N) is 2. The predicted molar refractivity (Wildman–Crippen MR) is 108 cm³/mol. The fraction of sp³-hybridized carbons (Fsp3) is 0.429. The first kappa shape index (κ1) is 21.5. The quantitative estimate of drug-likeness (QED) is 0.738. The molecule has 1 unspecified atom stereocenters. The zero-order valence-corrected chi connectivity index (χ0v) is 16.4. The number of ether oxygens (including phenoxy) is 1. The van der Waals surface area contributed by atoms with Gasteiger partial charge in [-0.05, 0) is 57.1 Å². The number of benzene rings is 1. The summed E-state index contributed by atoms with van der Waals surface area (Å²) >= 11 is 0. The van der Waals surface area contributed by atoms with Crippen LogP contribution in [0.3, 0.4) is 0 Å². The van der Waals surface area contributed by atoms with E-state index in [0.717, 1.165) is 12.3 Å². The maximum absolute atomic E-state index is 9.55. The number of rotatable bonds is 6. The van der Waals surface area contributed by atoms with Gasteiger partial charge in [-0.2, -0.15) is 0 Å². The Morgan fingerprint density at radius 2 is 1.75 bits per heavy atom. The van der Waals surface area contributed by atoms with Crippen LogP contribution in [-0.4, -0.2) is 57.9 Å². The molecule has 1 aromatic heterocycles.